The summed E-state index contributed by atoms with van der Waals surface area (Å²) in [5, 5.41) is 7.05. The van der Waals surface area contributed by atoms with Crippen molar-refractivity contribution in [3.8, 4) is 22.6 Å². The molecule has 0 N–H and O–H groups in total. The van der Waals surface area contributed by atoms with E-state index in [-0.39, 0.29) is 0 Å². The topological polar surface area (TPSA) is 38.7 Å². The molecule has 7 aromatic rings. The Morgan fingerprint density at radius 3 is 2.09 bits per heavy atom. The van der Waals surface area contributed by atoms with E-state index < -0.39 is 0 Å². The van der Waals surface area contributed by atoms with Crippen molar-refractivity contribution >= 4 is 43.4 Å². The fraction of sp³-hybridized carbons (Fsp3) is 0. The van der Waals surface area contributed by atoms with Crippen LogP contribution in [0.3, 0.4) is 0 Å². The van der Waals surface area contributed by atoms with E-state index in [0.717, 1.165) is 49.8 Å². The number of fused-ring (bicyclic) bond motifs is 6. The molecule has 3 aromatic heterocycles. The van der Waals surface area contributed by atoms with Gasteiger partial charge in [0.05, 0.1) is 28.1 Å². The number of nitrogens with zero attached hydrogens (tertiary/aromatic N) is 3. The predicted molar refractivity (Wildman–Crippen MR) is 141 cm³/mol. The van der Waals surface area contributed by atoms with E-state index in [0.29, 0.717) is 0 Å². The summed E-state index contributed by atoms with van der Waals surface area (Å²) in [5.74, 6) is 0. The second-order valence-electron chi connectivity index (χ2n) is 8.47. The van der Waals surface area contributed by atoms with E-state index >= 15 is 0 Å². The van der Waals surface area contributed by atoms with Crippen molar-refractivity contribution in [3.63, 3.8) is 0 Å². The molecule has 158 valence electrons. The van der Waals surface area contributed by atoms with Crippen LogP contribution in [0.2, 0.25) is 0 Å². The molecule has 3 heteroatoms. The van der Waals surface area contributed by atoms with Crippen molar-refractivity contribution in [1.29, 1.82) is 0 Å². The summed E-state index contributed by atoms with van der Waals surface area (Å²) in [6, 6.07) is 37.7. The Balaban J connectivity index is 1.54. The summed E-state index contributed by atoms with van der Waals surface area (Å²) >= 11 is 0. The molecule has 7 rings (SSSR count). The summed E-state index contributed by atoms with van der Waals surface area (Å²) < 4.78 is 0. The van der Waals surface area contributed by atoms with Gasteiger partial charge < -0.3 is 0 Å². The van der Waals surface area contributed by atoms with Gasteiger partial charge in [0.25, 0.3) is 0 Å². The third kappa shape index (κ3) is 2.87. The molecular formula is C31H19N3. The van der Waals surface area contributed by atoms with Gasteiger partial charge in [-0.2, -0.15) is 0 Å². The molecule has 0 saturated carbocycles. The van der Waals surface area contributed by atoms with E-state index in [1.54, 1.807) is 0 Å². The van der Waals surface area contributed by atoms with Crippen LogP contribution >= 0.6 is 0 Å². The largest absolute Gasteiger partial charge is 0.256 e. The molecule has 4 aromatic carbocycles. The molecule has 0 bridgehead atoms. The van der Waals surface area contributed by atoms with Crippen LogP contribution in [0, 0.1) is 0 Å². The summed E-state index contributed by atoms with van der Waals surface area (Å²) in [6.45, 7) is 0. The van der Waals surface area contributed by atoms with Crippen molar-refractivity contribution in [2.75, 3.05) is 0 Å². The van der Waals surface area contributed by atoms with Gasteiger partial charge in [-0.05, 0) is 41.1 Å². The monoisotopic (exact) mass is 433 g/mol. The van der Waals surface area contributed by atoms with Gasteiger partial charge in [0, 0.05) is 33.3 Å². The lowest BCUT2D eigenvalue weighted by Crippen LogP contribution is -1.94. The first-order valence-electron chi connectivity index (χ1n) is 11.4. The predicted octanol–water partition coefficient (Wildman–Crippen LogP) is 7.82. The minimum absolute atomic E-state index is 0.865. The fourth-order valence-corrected chi connectivity index (χ4v) is 4.95. The Kier molecular flexibility index (Phi) is 4.15. The smallest absolute Gasteiger partial charge is 0.0972 e. The number of rotatable bonds is 2. The molecule has 0 unspecified atom stereocenters. The first kappa shape index (κ1) is 18.9. The second kappa shape index (κ2) is 7.46. The highest BCUT2D eigenvalue weighted by atomic mass is 14.8. The molecule has 34 heavy (non-hydrogen) atoms. The zero-order valence-electron chi connectivity index (χ0n) is 18.3. The van der Waals surface area contributed by atoms with E-state index in [9.17, 15) is 0 Å². The van der Waals surface area contributed by atoms with Gasteiger partial charge in [-0.25, -0.2) is 9.97 Å². The quantitative estimate of drug-likeness (QED) is 0.261. The van der Waals surface area contributed by atoms with E-state index in [1.165, 1.54) is 16.2 Å². The van der Waals surface area contributed by atoms with Gasteiger partial charge in [0.2, 0.25) is 0 Å². The van der Waals surface area contributed by atoms with Crippen molar-refractivity contribution in [2.45, 2.75) is 0 Å². The summed E-state index contributed by atoms with van der Waals surface area (Å²) in [5.41, 5.74) is 5.70. The Hall–Kier alpha value is -4.63. The lowest BCUT2D eigenvalue weighted by molar-refractivity contribution is 1.29. The standard InChI is InChI=1S/C31H19N3/c1-2-9-21-20(8-1)16-17-25-30(21)24-11-4-6-13-28(24)34-31(25)29-15-7-14-27(33-29)23-18-19-32-26-12-5-3-10-22(23)26/h1-19H. The maximum absolute atomic E-state index is 5.11. The van der Waals surface area contributed by atoms with Crippen molar-refractivity contribution in [2.24, 2.45) is 0 Å². The molecule has 0 aliphatic carbocycles. The van der Waals surface area contributed by atoms with Crippen molar-refractivity contribution < 1.29 is 0 Å². The van der Waals surface area contributed by atoms with E-state index in [4.69, 9.17) is 9.97 Å². The SMILES string of the molecule is c1cc(-c2ccnc3ccccc23)nc(-c2nc3ccccc3c3c2ccc2ccccc23)c1. The molecule has 0 saturated heterocycles. The van der Waals surface area contributed by atoms with Crippen LogP contribution in [0.15, 0.2) is 115 Å². The second-order valence-corrected chi connectivity index (χ2v) is 8.47. The average molecular weight is 434 g/mol. The number of benzene rings is 4. The molecule has 0 fully saturated rings. The molecule has 0 aliphatic rings. The molecule has 0 spiro atoms. The Morgan fingerprint density at radius 2 is 1.18 bits per heavy atom. The van der Waals surface area contributed by atoms with Crippen molar-refractivity contribution in [3.05, 3.63) is 115 Å². The minimum atomic E-state index is 0.865. The highest BCUT2D eigenvalue weighted by Gasteiger charge is 2.15. The highest BCUT2D eigenvalue weighted by molar-refractivity contribution is 6.22. The molecule has 3 nitrogen and oxygen atoms in total. The van der Waals surface area contributed by atoms with Crippen LogP contribution in [0.4, 0.5) is 0 Å². The van der Waals surface area contributed by atoms with Crippen molar-refractivity contribution in [1.82, 2.24) is 15.0 Å². The Labute approximate surface area is 196 Å². The molecule has 0 aliphatic heterocycles. The Bertz CT molecular complexity index is 1850. The van der Waals surface area contributed by atoms with Crippen LogP contribution in [-0.4, -0.2) is 15.0 Å². The van der Waals surface area contributed by atoms with E-state index in [2.05, 4.69) is 83.8 Å². The summed E-state index contributed by atoms with van der Waals surface area (Å²) in [4.78, 5) is 14.7. The lowest BCUT2D eigenvalue weighted by atomic mass is 9.96. The number of pyridine rings is 3. The van der Waals surface area contributed by atoms with Gasteiger partial charge in [-0.3, -0.25) is 4.98 Å². The number of hydrogen-bond acceptors (Lipinski definition) is 3. The maximum atomic E-state index is 5.11. The number of para-hydroxylation sites is 2. The molecule has 0 amide bonds. The van der Waals surface area contributed by atoms with Gasteiger partial charge >= 0.3 is 0 Å². The van der Waals surface area contributed by atoms with E-state index in [1.807, 2.05) is 36.5 Å². The Morgan fingerprint density at radius 1 is 0.441 bits per heavy atom. The molecule has 0 atom stereocenters. The number of aromatic nitrogens is 3. The van der Waals surface area contributed by atoms with Gasteiger partial charge in [0.15, 0.2) is 0 Å². The average Bonchev–Trinajstić information content (AvgIpc) is 2.92. The summed E-state index contributed by atoms with van der Waals surface area (Å²) in [7, 11) is 0. The first-order valence-corrected chi connectivity index (χ1v) is 11.4. The van der Waals surface area contributed by atoms with Gasteiger partial charge in [0.1, 0.15) is 0 Å². The van der Waals surface area contributed by atoms with Crippen LogP contribution in [0.1, 0.15) is 0 Å². The van der Waals surface area contributed by atoms with Crippen LogP contribution < -0.4 is 0 Å². The highest BCUT2D eigenvalue weighted by Crippen LogP contribution is 2.37. The third-order valence-corrected chi connectivity index (χ3v) is 6.51. The molecule has 0 radical (unpaired) electrons. The van der Waals surface area contributed by atoms with Gasteiger partial charge in [-0.1, -0.05) is 78.9 Å². The minimum Gasteiger partial charge on any atom is -0.256 e. The molecule has 3 heterocycles. The maximum Gasteiger partial charge on any atom is 0.0972 e. The molecular weight excluding hydrogens is 414 g/mol. The van der Waals surface area contributed by atoms with Gasteiger partial charge in [-0.15, -0.1) is 0 Å². The summed E-state index contributed by atoms with van der Waals surface area (Å²) in [6.07, 6.45) is 1.85. The van der Waals surface area contributed by atoms with Crippen LogP contribution in [0.25, 0.3) is 66.0 Å². The third-order valence-electron chi connectivity index (χ3n) is 6.51. The normalized spacial score (nSPS) is 11.5. The zero-order valence-corrected chi connectivity index (χ0v) is 18.3. The fourth-order valence-electron chi connectivity index (χ4n) is 4.95. The van der Waals surface area contributed by atoms with Crippen LogP contribution in [0.5, 0.6) is 0 Å². The zero-order chi connectivity index (χ0) is 22.5. The number of hydrogen-bond donors (Lipinski definition) is 0. The van der Waals surface area contributed by atoms with Crippen LogP contribution in [-0.2, 0) is 0 Å². The lowest BCUT2D eigenvalue weighted by Gasteiger charge is -2.13. The first-order chi connectivity index (χ1) is 16.9.